The van der Waals surface area contributed by atoms with E-state index in [0.29, 0.717) is 6.54 Å². The first-order valence-corrected chi connectivity index (χ1v) is 9.30. The molecule has 134 valence electrons. The molecule has 1 aromatic heterocycles. The Morgan fingerprint density at radius 3 is 2.81 bits per heavy atom. The summed E-state index contributed by atoms with van der Waals surface area (Å²) in [5.41, 5.74) is 3.34. The minimum atomic E-state index is 0.130. The van der Waals surface area contributed by atoms with E-state index >= 15 is 0 Å². The molecule has 0 aliphatic carbocycles. The molecule has 2 heterocycles. The van der Waals surface area contributed by atoms with Gasteiger partial charge >= 0.3 is 0 Å². The van der Waals surface area contributed by atoms with E-state index in [0.717, 1.165) is 41.1 Å². The van der Waals surface area contributed by atoms with Gasteiger partial charge in [-0.3, -0.25) is 0 Å². The van der Waals surface area contributed by atoms with Crippen LogP contribution < -0.4 is 10.2 Å². The molecule has 0 saturated carbocycles. The number of benzene rings is 2. The van der Waals surface area contributed by atoms with Crippen LogP contribution in [-0.2, 0) is 11.3 Å². The van der Waals surface area contributed by atoms with Gasteiger partial charge < -0.3 is 15.0 Å². The maximum absolute atomic E-state index is 5.96. The average Bonchev–Trinajstić information content (AvgIpc) is 3.15. The lowest BCUT2D eigenvalue weighted by Crippen LogP contribution is -2.30. The van der Waals surface area contributed by atoms with Crippen LogP contribution in [0.1, 0.15) is 18.4 Å². The maximum atomic E-state index is 5.96. The minimum absolute atomic E-state index is 0.130. The Kier molecular flexibility index (Phi) is 4.96. The summed E-state index contributed by atoms with van der Waals surface area (Å²) >= 11 is 5.96. The molecule has 1 N–H and O–H groups in total. The molecule has 0 spiro atoms. The molecule has 0 amide bonds. The Morgan fingerprint density at radius 1 is 1.19 bits per heavy atom. The molecule has 0 unspecified atom stereocenters. The summed E-state index contributed by atoms with van der Waals surface area (Å²) in [7, 11) is 1.78. The van der Waals surface area contributed by atoms with Crippen LogP contribution in [0.5, 0.6) is 0 Å². The van der Waals surface area contributed by atoms with Crippen LogP contribution in [0.15, 0.2) is 54.6 Å². The summed E-state index contributed by atoms with van der Waals surface area (Å²) in [6, 6.07) is 18.3. The zero-order chi connectivity index (χ0) is 17.9. The van der Waals surface area contributed by atoms with Gasteiger partial charge in [0, 0.05) is 36.7 Å². The van der Waals surface area contributed by atoms with E-state index < -0.39 is 0 Å². The molecule has 4 nitrogen and oxygen atoms in total. The van der Waals surface area contributed by atoms with Gasteiger partial charge in [-0.2, -0.15) is 0 Å². The monoisotopic (exact) mass is 367 g/mol. The quantitative estimate of drug-likeness (QED) is 0.682. The Balaban J connectivity index is 1.66. The standard InChI is InChI=1S/C21H22ClN3O/c1-26-21-7-4-12-25(21)19-13-20(24-18-6-3-2-5-17(18)19)23-14-15-8-10-16(22)11-9-15/h2-3,5-6,8-11,13,21H,4,7,12,14H2,1H3,(H,23,24)/t21-/m0/s1. The maximum Gasteiger partial charge on any atom is 0.129 e. The fourth-order valence-corrected chi connectivity index (χ4v) is 3.66. The number of pyridine rings is 1. The SMILES string of the molecule is CO[C@H]1CCCN1c1cc(NCc2ccc(Cl)cc2)nc2ccccc12. The molecule has 1 fully saturated rings. The van der Waals surface area contributed by atoms with Gasteiger partial charge in [0.2, 0.25) is 0 Å². The number of nitrogens with zero attached hydrogens (tertiary/aromatic N) is 2. The first-order valence-electron chi connectivity index (χ1n) is 8.92. The van der Waals surface area contributed by atoms with E-state index in [-0.39, 0.29) is 6.23 Å². The molecule has 2 aromatic carbocycles. The van der Waals surface area contributed by atoms with Crippen LogP contribution in [0.2, 0.25) is 5.02 Å². The highest BCUT2D eigenvalue weighted by Gasteiger charge is 2.26. The average molecular weight is 368 g/mol. The number of para-hydroxylation sites is 1. The third-order valence-corrected chi connectivity index (χ3v) is 5.11. The molecule has 1 atom stereocenters. The predicted octanol–water partition coefficient (Wildman–Crippen LogP) is 5.07. The number of hydrogen-bond donors (Lipinski definition) is 1. The van der Waals surface area contributed by atoms with Gasteiger partial charge in [0.05, 0.1) is 11.2 Å². The summed E-state index contributed by atoms with van der Waals surface area (Å²) in [5, 5.41) is 5.36. The van der Waals surface area contributed by atoms with E-state index in [9.17, 15) is 0 Å². The fourth-order valence-electron chi connectivity index (χ4n) is 3.54. The smallest absolute Gasteiger partial charge is 0.129 e. The van der Waals surface area contributed by atoms with E-state index in [2.05, 4.69) is 34.5 Å². The van der Waals surface area contributed by atoms with Crippen molar-refractivity contribution in [2.24, 2.45) is 0 Å². The van der Waals surface area contributed by atoms with Crippen molar-refractivity contribution in [3.8, 4) is 0 Å². The number of methoxy groups -OCH3 is 1. The van der Waals surface area contributed by atoms with Crippen LogP contribution in [-0.4, -0.2) is 24.9 Å². The number of aromatic nitrogens is 1. The lowest BCUT2D eigenvalue weighted by molar-refractivity contribution is 0.111. The molecule has 5 heteroatoms. The number of hydrogen-bond acceptors (Lipinski definition) is 4. The number of halogens is 1. The first kappa shape index (κ1) is 17.1. The van der Waals surface area contributed by atoms with E-state index in [1.165, 1.54) is 11.3 Å². The van der Waals surface area contributed by atoms with Crippen LogP contribution in [0.3, 0.4) is 0 Å². The van der Waals surface area contributed by atoms with Gasteiger partial charge in [-0.15, -0.1) is 0 Å². The third kappa shape index (κ3) is 3.48. The molecule has 3 aromatic rings. The minimum Gasteiger partial charge on any atom is -0.366 e. The second-order valence-electron chi connectivity index (χ2n) is 6.55. The summed E-state index contributed by atoms with van der Waals surface area (Å²) in [6.07, 6.45) is 2.33. The second-order valence-corrected chi connectivity index (χ2v) is 6.99. The molecule has 1 saturated heterocycles. The Bertz CT molecular complexity index is 897. The topological polar surface area (TPSA) is 37.4 Å². The highest BCUT2D eigenvalue weighted by molar-refractivity contribution is 6.30. The van der Waals surface area contributed by atoms with Gasteiger partial charge in [-0.05, 0) is 36.6 Å². The molecule has 26 heavy (non-hydrogen) atoms. The lowest BCUT2D eigenvalue weighted by Gasteiger charge is -2.27. The molecule has 4 rings (SSSR count). The Labute approximate surface area is 158 Å². The van der Waals surface area contributed by atoms with Crippen molar-refractivity contribution >= 4 is 34.0 Å². The Morgan fingerprint density at radius 2 is 2.00 bits per heavy atom. The van der Waals surface area contributed by atoms with Gasteiger partial charge in [0.15, 0.2) is 0 Å². The van der Waals surface area contributed by atoms with E-state index in [1.807, 2.05) is 30.3 Å². The highest BCUT2D eigenvalue weighted by Crippen LogP contribution is 2.33. The third-order valence-electron chi connectivity index (χ3n) is 4.86. The van der Waals surface area contributed by atoms with Crippen molar-refractivity contribution in [3.05, 3.63) is 65.2 Å². The van der Waals surface area contributed by atoms with E-state index in [1.54, 1.807) is 7.11 Å². The van der Waals surface area contributed by atoms with Gasteiger partial charge in [0.25, 0.3) is 0 Å². The molecule has 1 aliphatic heterocycles. The fraction of sp³-hybridized carbons (Fsp3) is 0.286. The van der Waals surface area contributed by atoms with Crippen molar-refractivity contribution in [1.29, 1.82) is 0 Å². The molecular weight excluding hydrogens is 346 g/mol. The van der Waals surface area contributed by atoms with Gasteiger partial charge in [-0.1, -0.05) is 41.9 Å². The highest BCUT2D eigenvalue weighted by atomic mass is 35.5. The van der Waals surface area contributed by atoms with Crippen LogP contribution in [0.4, 0.5) is 11.5 Å². The number of ether oxygens (including phenoxy) is 1. The van der Waals surface area contributed by atoms with Crippen molar-refractivity contribution in [2.45, 2.75) is 25.6 Å². The first-order chi connectivity index (χ1) is 12.7. The number of rotatable bonds is 5. The summed E-state index contributed by atoms with van der Waals surface area (Å²) in [4.78, 5) is 7.13. The number of anilines is 2. The molecule has 0 radical (unpaired) electrons. The van der Waals surface area contributed by atoms with Gasteiger partial charge in [0.1, 0.15) is 12.0 Å². The molecular formula is C21H22ClN3O. The van der Waals surface area contributed by atoms with Crippen molar-refractivity contribution in [2.75, 3.05) is 23.9 Å². The summed E-state index contributed by atoms with van der Waals surface area (Å²) in [6.45, 7) is 1.71. The second kappa shape index (κ2) is 7.52. The van der Waals surface area contributed by atoms with Crippen LogP contribution in [0, 0.1) is 0 Å². The lowest BCUT2D eigenvalue weighted by atomic mass is 10.1. The zero-order valence-corrected chi connectivity index (χ0v) is 15.5. The van der Waals surface area contributed by atoms with Crippen molar-refractivity contribution in [1.82, 2.24) is 4.98 Å². The van der Waals surface area contributed by atoms with Crippen molar-refractivity contribution in [3.63, 3.8) is 0 Å². The normalized spacial score (nSPS) is 17.0. The Hall–Kier alpha value is -2.30. The summed E-state index contributed by atoms with van der Waals surface area (Å²) in [5.74, 6) is 0.871. The zero-order valence-electron chi connectivity index (χ0n) is 14.8. The van der Waals surface area contributed by atoms with E-state index in [4.69, 9.17) is 21.3 Å². The van der Waals surface area contributed by atoms with Crippen LogP contribution >= 0.6 is 11.6 Å². The van der Waals surface area contributed by atoms with Gasteiger partial charge in [-0.25, -0.2) is 4.98 Å². The van der Waals surface area contributed by atoms with Crippen molar-refractivity contribution < 1.29 is 4.74 Å². The number of fused-ring (bicyclic) bond motifs is 1. The predicted molar refractivity (Wildman–Crippen MR) is 108 cm³/mol. The van der Waals surface area contributed by atoms with Crippen LogP contribution in [0.25, 0.3) is 10.9 Å². The largest absolute Gasteiger partial charge is 0.366 e. The number of nitrogens with one attached hydrogen (secondary N) is 1. The molecule has 1 aliphatic rings. The summed E-state index contributed by atoms with van der Waals surface area (Å²) < 4.78 is 5.68. The molecule has 0 bridgehead atoms.